The third-order valence-corrected chi connectivity index (χ3v) is 6.65. The summed E-state index contributed by atoms with van der Waals surface area (Å²) < 4.78 is 25.4. The highest BCUT2D eigenvalue weighted by Crippen LogP contribution is 2.28. The molecule has 2 aromatic carbocycles. The number of aryl methyl sites for hydroxylation is 2. The molecule has 0 bridgehead atoms. The van der Waals surface area contributed by atoms with Gasteiger partial charge in [0.2, 0.25) is 5.91 Å². The van der Waals surface area contributed by atoms with Crippen molar-refractivity contribution < 1.29 is 13.2 Å². The molecule has 0 aliphatic heterocycles. The van der Waals surface area contributed by atoms with E-state index in [1.54, 1.807) is 24.3 Å². The van der Waals surface area contributed by atoms with Gasteiger partial charge >= 0.3 is 0 Å². The topological polar surface area (TPSA) is 76.1 Å². The number of rotatable bonds is 6. The number of amides is 1. The third kappa shape index (κ3) is 4.68. The van der Waals surface area contributed by atoms with Gasteiger partial charge in [-0.1, -0.05) is 41.7 Å². The summed E-state index contributed by atoms with van der Waals surface area (Å²) in [5.74, 6) is -0.577. The molecule has 1 aromatic heterocycles. The second-order valence-corrected chi connectivity index (χ2v) is 9.51. The minimum absolute atomic E-state index is 0.0548. The van der Waals surface area contributed by atoms with Gasteiger partial charge in [0.05, 0.1) is 21.7 Å². The van der Waals surface area contributed by atoms with Crippen LogP contribution >= 0.6 is 11.3 Å². The molecule has 5 nitrogen and oxygen atoms in total. The third-order valence-electron chi connectivity index (χ3n) is 4.12. The predicted molar refractivity (Wildman–Crippen MR) is 106 cm³/mol. The molecule has 0 saturated heterocycles. The van der Waals surface area contributed by atoms with Crippen molar-refractivity contribution in [2.24, 2.45) is 0 Å². The Morgan fingerprint density at radius 1 is 1.12 bits per heavy atom. The molecule has 1 amide bonds. The lowest BCUT2D eigenvalue weighted by Crippen LogP contribution is -2.18. The molecule has 0 atom stereocenters. The Balaban J connectivity index is 1.60. The average molecular weight is 389 g/mol. The largest absolute Gasteiger partial charge is 0.302 e. The zero-order valence-corrected chi connectivity index (χ0v) is 16.3. The standard InChI is InChI=1S/C19H20N2O3S2/c1-13-10-16-17(11-14(13)2)25-19(20-16)21-18(22)8-9-26(23,24)12-15-6-4-3-5-7-15/h3-7,10-11H,8-9,12H2,1-2H3,(H,20,21,22). The maximum absolute atomic E-state index is 12.2. The summed E-state index contributed by atoms with van der Waals surface area (Å²) in [5.41, 5.74) is 3.88. The molecule has 0 fully saturated rings. The minimum atomic E-state index is -3.34. The minimum Gasteiger partial charge on any atom is -0.302 e. The maximum atomic E-state index is 12.2. The summed E-state index contributed by atoms with van der Waals surface area (Å²) >= 11 is 1.39. The molecule has 1 N–H and O–H groups in total. The Bertz CT molecular complexity index is 1000. The van der Waals surface area contributed by atoms with Crippen molar-refractivity contribution in [3.63, 3.8) is 0 Å². The number of nitrogens with zero attached hydrogens (tertiary/aromatic N) is 1. The SMILES string of the molecule is Cc1cc2nc(NC(=O)CCS(=O)(=O)Cc3ccccc3)sc2cc1C. The molecular weight excluding hydrogens is 368 g/mol. The molecule has 1 heterocycles. The van der Waals surface area contributed by atoms with E-state index >= 15 is 0 Å². The lowest BCUT2D eigenvalue weighted by molar-refractivity contribution is -0.115. The number of nitrogens with one attached hydrogen (secondary N) is 1. The monoisotopic (exact) mass is 388 g/mol. The smallest absolute Gasteiger partial charge is 0.227 e. The van der Waals surface area contributed by atoms with E-state index in [2.05, 4.69) is 10.3 Å². The Kier molecular flexibility index (Phi) is 5.38. The number of fused-ring (bicyclic) bond motifs is 1. The Morgan fingerprint density at radius 2 is 1.81 bits per heavy atom. The van der Waals surface area contributed by atoms with Crippen LogP contribution in [0.4, 0.5) is 5.13 Å². The molecule has 0 saturated carbocycles. The van der Waals surface area contributed by atoms with E-state index in [1.165, 1.54) is 16.9 Å². The molecule has 3 rings (SSSR count). The summed E-state index contributed by atoms with van der Waals surface area (Å²) in [6.07, 6.45) is -0.0802. The van der Waals surface area contributed by atoms with Crippen LogP contribution in [-0.2, 0) is 20.4 Å². The van der Waals surface area contributed by atoms with Crippen LogP contribution in [0, 0.1) is 13.8 Å². The van der Waals surface area contributed by atoms with Gasteiger partial charge in [-0.05, 0) is 42.7 Å². The summed E-state index contributed by atoms with van der Waals surface area (Å²) in [7, 11) is -3.34. The predicted octanol–water partition coefficient (Wildman–Crippen LogP) is 3.86. The van der Waals surface area contributed by atoms with Crippen LogP contribution in [0.5, 0.6) is 0 Å². The van der Waals surface area contributed by atoms with Gasteiger partial charge in [0, 0.05) is 6.42 Å². The van der Waals surface area contributed by atoms with Gasteiger partial charge in [0.1, 0.15) is 0 Å². The van der Waals surface area contributed by atoms with E-state index < -0.39 is 9.84 Å². The van der Waals surface area contributed by atoms with E-state index in [1.807, 2.05) is 32.0 Å². The first-order chi connectivity index (χ1) is 12.3. The van der Waals surface area contributed by atoms with Crippen molar-refractivity contribution in [3.8, 4) is 0 Å². The van der Waals surface area contributed by atoms with Crippen molar-refractivity contribution in [1.29, 1.82) is 0 Å². The van der Waals surface area contributed by atoms with Gasteiger partial charge in [-0.3, -0.25) is 4.79 Å². The van der Waals surface area contributed by atoms with E-state index in [-0.39, 0.29) is 23.8 Å². The number of benzene rings is 2. The Hall–Kier alpha value is -2.25. The van der Waals surface area contributed by atoms with Gasteiger partial charge in [-0.2, -0.15) is 0 Å². The Morgan fingerprint density at radius 3 is 2.54 bits per heavy atom. The molecule has 0 radical (unpaired) electrons. The highest BCUT2D eigenvalue weighted by molar-refractivity contribution is 7.90. The number of carbonyl (C=O) groups excluding carboxylic acids is 1. The van der Waals surface area contributed by atoms with Gasteiger partial charge in [-0.15, -0.1) is 0 Å². The molecule has 136 valence electrons. The summed E-state index contributed by atoms with van der Waals surface area (Å²) in [4.78, 5) is 16.5. The lowest BCUT2D eigenvalue weighted by atomic mass is 10.1. The van der Waals surface area contributed by atoms with Crippen molar-refractivity contribution in [1.82, 2.24) is 4.98 Å². The molecule has 26 heavy (non-hydrogen) atoms. The zero-order chi connectivity index (χ0) is 18.7. The fraction of sp³-hybridized carbons (Fsp3) is 0.263. The van der Waals surface area contributed by atoms with Crippen LogP contribution in [0.2, 0.25) is 0 Å². The lowest BCUT2D eigenvalue weighted by Gasteiger charge is -2.04. The summed E-state index contributed by atoms with van der Waals surface area (Å²) in [6.45, 7) is 4.05. The van der Waals surface area contributed by atoms with E-state index in [4.69, 9.17) is 0 Å². The first-order valence-corrected chi connectivity index (χ1v) is 10.9. The summed E-state index contributed by atoms with van der Waals surface area (Å²) in [6, 6.07) is 13.0. The van der Waals surface area contributed by atoms with E-state index in [0.717, 1.165) is 21.3 Å². The molecule has 0 unspecified atom stereocenters. The van der Waals surface area contributed by atoms with Crippen LogP contribution in [0.25, 0.3) is 10.2 Å². The molecule has 0 aliphatic rings. The molecule has 7 heteroatoms. The second-order valence-electron chi connectivity index (χ2n) is 6.30. The second kappa shape index (κ2) is 7.55. The Labute approximate surface area is 157 Å². The van der Waals surface area contributed by atoms with Crippen LogP contribution in [0.1, 0.15) is 23.1 Å². The van der Waals surface area contributed by atoms with Gasteiger partial charge in [0.15, 0.2) is 15.0 Å². The van der Waals surface area contributed by atoms with Gasteiger partial charge in [0.25, 0.3) is 0 Å². The molecular formula is C19H20N2O3S2. The van der Waals surface area contributed by atoms with Crippen LogP contribution in [0.3, 0.4) is 0 Å². The average Bonchev–Trinajstić information content (AvgIpc) is 2.95. The van der Waals surface area contributed by atoms with Gasteiger partial charge < -0.3 is 5.32 Å². The first kappa shape index (κ1) is 18.5. The maximum Gasteiger partial charge on any atom is 0.227 e. The van der Waals surface area contributed by atoms with Crippen LogP contribution in [-0.4, -0.2) is 25.1 Å². The number of sulfone groups is 1. The quantitative estimate of drug-likeness (QED) is 0.696. The number of hydrogen-bond donors (Lipinski definition) is 1. The molecule has 3 aromatic rings. The fourth-order valence-corrected chi connectivity index (χ4v) is 4.87. The van der Waals surface area contributed by atoms with Gasteiger partial charge in [-0.25, -0.2) is 13.4 Å². The highest BCUT2D eigenvalue weighted by Gasteiger charge is 2.16. The van der Waals surface area contributed by atoms with E-state index in [9.17, 15) is 13.2 Å². The number of anilines is 1. The summed E-state index contributed by atoms with van der Waals surface area (Å²) in [5, 5.41) is 3.21. The number of hydrogen-bond acceptors (Lipinski definition) is 5. The fourth-order valence-electron chi connectivity index (χ4n) is 2.56. The first-order valence-electron chi connectivity index (χ1n) is 8.24. The highest BCUT2D eigenvalue weighted by atomic mass is 32.2. The zero-order valence-electron chi connectivity index (χ0n) is 14.7. The van der Waals surface area contributed by atoms with Crippen LogP contribution < -0.4 is 5.32 Å². The number of aromatic nitrogens is 1. The van der Waals surface area contributed by atoms with Crippen molar-refractivity contribution in [3.05, 3.63) is 59.2 Å². The number of carbonyl (C=O) groups is 1. The van der Waals surface area contributed by atoms with Crippen molar-refractivity contribution in [2.75, 3.05) is 11.1 Å². The van der Waals surface area contributed by atoms with Crippen molar-refractivity contribution in [2.45, 2.75) is 26.0 Å². The molecule has 0 spiro atoms. The van der Waals surface area contributed by atoms with Crippen molar-refractivity contribution >= 4 is 42.4 Å². The molecule has 0 aliphatic carbocycles. The van der Waals surface area contributed by atoms with Crippen LogP contribution in [0.15, 0.2) is 42.5 Å². The van der Waals surface area contributed by atoms with E-state index in [0.29, 0.717) is 5.13 Å². The number of thiazole rings is 1. The normalized spacial score (nSPS) is 11.6.